The Morgan fingerprint density at radius 1 is 1.57 bits per heavy atom. The van der Waals surface area contributed by atoms with Crippen LogP contribution in [-0.4, -0.2) is 41.7 Å². The quantitative estimate of drug-likeness (QED) is 0.632. The number of hydrogen-bond donors (Lipinski definition) is 2. The summed E-state index contributed by atoms with van der Waals surface area (Å²) in [5.74, 6) is 0.561. The average Bonchev–Trinajstić information content (AvgIpc) is 2.94. The summed E-state index contributed by atoms with van der Waals surface area (Å²) in [6, 6.07) is 0.0944. The second-order valence-electron chi connectivity index (χ2n) is 4.48. The number of nitrogens with two attached hydrogens (primary N) is 1. The van der Waals surface area contributed by atoms with Crippen LogP contribution in [0.3, 0.4) is 0 Å². The predicted molar refractivity (Wildman–Crippen MR) is 52.5 cm³/mol. The second kappa shape index (κ2) is 3.87. The normalized spacial score (nSPS) is 37.0. The molecule has 1 saturated heterocycles. The summed E-state index contributed by atoms with van der Waals surface area (Å²) in [7, 11) is 0. The Morgan fingerprint density at radius 2 is 2.29 bits per heavy atom. The van der Waals surface area contributed by atoms with E-state index in [1.165, 1.54) is 0 Å². The zero-order valence-electron chi connectivity index (χ0n) is 8.35. The van der Waals surface area contributed by atoms with Gasteiger partial charge >= 0.3 is 0 Å². The van der Waals surface area contributed by atoms with E-state index in [0.29, 0.717) is 0 Å². The summed E-state index contributed by atoms with van der Waals surface area (Å²) in [5.41, 5.74) is 5.64. The largest absolute Gasteiger partial charge is 0.396 e. The molecule has 2 rings (SSSR count). The van der Waals surface area contributed by atoms with Crippen molar-refractivity contribution in [1.29, 1.82) is 0 Å². The molecule has 80 valence electrons. The third kappa shape index (κ3) is 1.91. The maximum Gasteiger partial charge on any atom is 0.227 e. The number of rotatable bonds is 2. The lowest BCUT2D eigenvalue weighted by atomic mass is 9.99. The van der Waals surface area contributed by atoms with Crippen molar-refractivity contribution in [2.75, 3.05) is 19.7 Å². The molecule has 2 fully saturated rings. The molecule has 4 nitrogen and oxygen atoms in total. The van der Waals surface area contributed by atoms with E-state index < -0.39 is 0 Å². The summed E-state index contributed by atoms with van der Waals surface area (Å²) < 4.78 is 0. The van der Waals surface area contributed by atoms with Crippen molar-refractivity contribution in [1.82, 2.24) is 4.90 Å². The number of nitrogens with zero attached hydrogens (tertiary/aromatic N) is 1. The predicted octanol–water partition coefficient (Wildman–Crippen LogP) is -0.436. The van der Waals surface area contributed by atoms with Gasteiger partial charge in [-0.15, -0.1) is 0 Å². The zero-order chi connectivity index (χ0) is 10.1. The highest BCUT2D eigenvalue weighted by molar-refractivity contribution is 5.82. The lowest BCUT2D eigenvalue weighted by Gasteiger charge is -2.32. The van der Waals surface area contributed by atoms with E-state index in [-0.39, 0.29) is 30.4 Å². The van der Waals surface area contributed by atoms with Gasteiger partial charge in [-0.25, -0.2) is 0 Å². The molecule has 3 N–H and O–H groups in total. The standard InChI is InChI=1S/C10H18N2O2/c11-9-4-8(9)10(14)12-3-1-2-7(5-12)6-13/h7-9,13H,1-6,11H2. The number of carbonyl (C=O) groups excluding carboxylic acids is 1. The summed E-state index contributed by atoms with van der Waals surface area (Å²) in [6.45, 7) is 1.76. The molecule has 0 spiro atoms. The Kier molecular flexibility index (Phi) is 2.74. The van der Waals surface area contributed by atoms with Gasteiger partial charge < -0.3 is 15.7 Å². The van der Waals surface area contributed by atoms with E-state index in [1.807, 2.05) is 4.90 Å². The lowest BCUT2D eigenvalue weighted by molar-refractivity contribution is -0.134. The van der Waals surface area contributed by atoms with Gasteiger partial charge in [-0.05, 0) is 25.2 Å². The fourth-order valence-electron chi connectivity index (χ4n) is 2.15. The smallest absolute Gasteiger partial charge is 0.227 e. The van der Waals surface area contributed by atoms with Gasteiger partial charge in [0, 0.05) is 25.7 Å². The van der Waals surface area contributed by atoms with E-state index in [2.05, 4.69) is 0 Å². The van der Waals surface area contributed by atoms with Crippen LogP contribution in [0.4, 0.5) is 0 Å². The molecule has 0 aromatic carbocycles. The van der Waals surface area contributed by atoms with E-state index in [9.17, 15) is 4.79 Å². The van der Waals surface area contributed by atoms with Crippen LogP contribution in [0.2, 0.25) is 0 Å². The van der Waals surface area contributed by atoms with Crippen LogP contribution in [0, 0.1) is 11.8 Å². The first-order chi connectivity index (χ1) is 6.72. The monoisotopic (exact) mass is 198 g/mol. The minimum atomic E-state index is 0.0763. The molecule has 0 aromatic heterocycles. The number of aliphatic hydroxyl groups is 1. The van der Waals surface area contributed by atoms with E-state index in [0.717, 1.165) is 32.4 Å². The van der Waals surface area contributed by atoms with Gasteiger partial charge in [0.05, 0.1) is 5.92 Å². The molecule has 1 amide bonds. The molecule has 14 heavy (non-hydrogen) atoms. The van der Waals surface area contributed by atoms with Gasteiger partial charge in [0.1, 0.15) is 0 Å². The Hall–Kier alpha value is -0.610. The molecule has 1 heterocycles. The fraction of sp³-hybridized carbons (Fsp3) is 0.900. The van der Waals surface area contributed by atoms with Crippen molar-refractivity contribution >= 4 is 5.91 Å². The molecule has 3 unspecified atom stereocenters. The summed E-state index contributed by atoms with van der Waals surface area (Å²) in [5, 5.41) is 9.03. The first-order valence-corrected chi connectivity index (χ1v) is 5.37. The van der Waals surface area contributed by atoms with Crippen molar-refractivity contribution in [3.8, 4) is 0 Å². The first-order valence-electron chi connectivity index (χ1n) is 5.37. The molecule has 0 aromatic rings. The Morgan fingerprint density at radius 3 is 2.86 bits per heavy atom. The summed E-state index contributed by atoms with van der Waals surface area (Å²) in [4.78, 5) is 13.7. The van der Waals surface area contributed by atoms with Crippen LogP contribution < -0.4 is 5.73 Å². The van der Waals surface area contributed by atoms with Crippen LogP contribution in [0.5, 0.6) is 0 Å². The van der Waals surface area contributed by atoms with Gasteiger partial charge in [0.15, 0.2) is 0 Å². The molecule has 0 bridgehead atoms. The topological polar surface area (TPSA) is 66.6 Å². The van der Waals surface area contributed by atoms with E-state index in [4.69, 9.17) is 10.8 Å². The van der Waals surface area contributed by atoms with Crippen molar-refractivity contribution in [2.24, 2.45) is 17.6 Å². The SMILES string of the molecule is NC1CC1C(=O)N1CCCC(CO)C1. The third-order valence-corrected chi connectivity index (χ3v) is 3.25. The minimum Gasteiger partial charge on any atom is -0.396 e. The second-order valence-corrected chi connectivity index (χ2v) is 4.48. The minimum absolute atomic E-state index is 0.0763. The summed E-state index contributed by atoms with van der Waals surface area (Å²) >= 11 is 0. The molecule has 1 aliphatic heterocycles. The molecular weight excluding hydrogens is 180 g/mol. The molecule has 3 atom stereocenters. The molecular formula is C10H18N2O2. The Labute approximate surface area is 84.1 Å². The van der Waals surface area contributed by atoms with Crippen molar-refractivity contribution in [3.63, 3.8) is 0 Å². The highest BCUT2D eigenvalue weighted by Gasteiger charge is 2.42. The van der Waals surface area contributed by atoms with Gasteiger partial charge in [-0.3, -0.25) is 4.79 Å². The first kappa shape index (κ1) is 9.93. The maximum atomic E-state index is 11.8. The molecule has 2 aliphatic rings. The average molecular weight is 198 g/mol. The highest BCUT2D eigenvalue weighted by Crippen LogP contribution is 2.31. The lowest BCUT2D eigenvalue weighted by Crippen LogP contribution is -2.42. The van der Waals surface area contributed by atoms with Crippen molar-refractivity contribution in [2.45, 2.75) is 25.3 Å². The molecule has 4 heteroatoms. The molecule has 0 radical (unpaired) electrons. The number of hydrogen-bond acceptors (Lipinski definition) is 3. The van der Waals surface area contributed by atoms with E-state index in [1.54, 1.807) is 0 Å². The van der Waals surface area contributed by atoms with Gasteiger partial charge in [-0.1, -0.05) is 0 Å². The van der Waals surface area contributed by atoms with Gasteiger partial charge in [-0.2, -0.15) is 0 Å². The zero-order valence-corrected chi connectivity index (χ0v) is 8.35. The number of aliphatic hydroxyl groups excluding tert-OH is 1. The molecule has 1 saturated carbocycles. The number of piperidine rings is 1. The molecule has 1 aliphatic carbocycles. The van der Waals surface area contributed by atoms with Gasteiger partial charge in [0.25, 0.3) is 0 Å². The Bertz CT molecular complexity index is 232. The van der Waals surface area contributed by atoms with Crippen LogP contribution in [0.1, 0.15) is 19.3 Å². The number of carbonyl (C=O) groups is 1. The van der Waals surface area contributed by atoms with Crippen LogP contribution >= 0.6 is 0 Å². The number of likely N-dealkylation sites (tertiary alicyclic amines) is 1. The van der Waals surface area contributed by atoms with E-state index >= 15 is 0 Å². The van der Waals surface area contributed by atoms with Crippen LogP contribution in [0.15, 0.2) is 0 Å². The third-order valence-electron chi connectivity index (χ3n) is 3.25. The van der Waals surface area contributed by atoms with Crippen LogP contribution in [0.25, 0.3) is 0 Å². The Balaban J connectivity index is 1.87. The maximum absolute atomic E-state index is 11.8. The number of amides is 1. The van der Waals surface area contributed by atoms with Gasteiger partial charge in [0.2, 0.25) is 5.91 Å². The van der Waals surface area contributed by atoms with Crippen molar-refractivity contribution in [3.05, 3.63) is 0 Å². The van der Waals surface area contributed by atoms with Crippen molar-refractivity contribution < 1.29 is 9.90 Å². The highest BCUT2D eigenvalue weighted by atomic mass is 16.3. The summed E-state index contributed by atoms with van der Waals surface area (Å²) in [6.07, 6.45) is 2.90. The van der Waals surface area contributed by atoms with Crippen LogP contribution in [-0.2, 0) is 4.79 Å². The fourth-order valence-corrected chi connectivity index (χ4v) is 2.15.